The van der Waals surface area contributed by atoms with Crippen molar-refractivity contribution in [3.63, 3.8) is 0 Å². The predicted molar refractivity (Wildman–Crippen MR) is 84.9 cm³/mol. The maximum atomic E-state index is 3.58. The van der Waals surface area contributed by atoms with Crippen molar-refractivity contribution in [1.29, 1.82) is 0 Å². The monoisotopic (exact) mass is 274 g/mol. The molecule has 0 saturated heterocycles. The van der Waals surface area contributed by atoms with Crippen LogP contribution in [0.3, 0.4) is 0 Å². The quantitative estimate of drug-likeness (QED) is 0.875. The molecule has 102 valence electrons. The molecule has 2 aromatic rings. The number of anilines is 1. The molecule has 0 bridgehead atoms. The Labute approximate surface area is 120 Å². The maximum absolute atomic E-state index is 3.58. The first kappa shape index (κ1) is 14.1. The summed E-state index contributed by atoms with van der Waals surface area (Å²) in [5, 5.41) is 3.58. The normalized spacial score (nSPS) is 12.7. The van der Waals surface area contributed by atoms with Crippen LogP contribution >= 0.6 is 11.3 Å². The van der Waals surface area contributed by atoms with E-state index in [1.54, 1.807) is 0 Å². The van der Waals surface area contributed by atoms with Gasteiger partial charge in [0.2, 0.25) is 0 Å². The minimum Gasteiger partial charge on any atom is -0.378 e. The Hall–Kier alpha value is -1.32. The van der Waals surface area contributed by atoms with Gasteiger partial charge in [0.15, 0.2) is 0 Å². The lowest BCUT2D eigenvalue weighted by Crippen LogP contribution is -2.11. The molecule has 0 aliphatic carbocycles. The third-order valence-electron chi connectivity index (χ3n) is 3.00. The van der Waals surface area contributed by atoms with E-state index >= 15 is 0 Å². The van der Waals surface area contributed by atoms with E-state index in [1.165, 1.54) is 21.0 Å². The van der Waals surface area contributed by atoms with Gasteiger partial charge < -0.3 is 10.2 Å². The van der Waals surface area contributed by atoms with E-state index in [0.717, 1.165) is 6.54 Å². The molecular formula is C16H22N2S. The Morgan fingerprint density at radius 3 is 2.63 bits per heavy atom. The lowest BCUT2D eigenvalue weighted by atomic mass is 10.1. The molecule has 0 spiro atoms. The number of benzene rings is 1. The third kappa shape index (κ3) is 4.08. The molecule has 1 unspecified atom stereocenters. The lowest BCUT2D eigenvalue weighted by molar-refractivity contribution is 0.402. The SMILES string of the molecule is Cc1ccc(C(C)Nc2cccc(CN(C)C)c2)s1. The minimum atomic E-state index is 0.355. The first-order valence-electron chi connectivity index (χ1n) is 6.61. The van der Waals surface area contributed by atoms with Crippen LogP contribution in [-0.2, 0) is 6.54 Å². The molecule has 1 aromatic heterocycles. The number of nitrogens with one attached hydrogen (secondary N) is 1. The molecular weight excluding hydrogens is 252 g/mol. The molecule has 0 fully saturated rings. The fraction of sp³-hybridized carbons (Fsp3) is 0.375. The van der Waals surface area contributed by atoms with Crippen molar-refractivity contribution in [2.24, 2.45) is 0 Å². The van der Waals surface area contributed by atoms with Gasteiger partial charge in [-0.2, -0.15) is 0 Å². The zero-order valence-corrected chi connectivity index (χ0v) is 12.9. The van der Waals surface area contributed by atoms with Crippen molar-refractivity contribution in [1.82, 2.24) is 4.90 Å². The molecule has 1 aromatic carbocycles. The van der Waals surface area contributed by atoms with Crippen molar-refractivity contribution in [2.45, 2.75) is 26.4 Å². The fourth-order valence-electron chi connectivity index (χ4n) is 2.13. The van der Waals surface area contributed by atoms with Crippen LogP contribution in [0, 0.1) is 6.92 Å². The number of thiophene rings is 1. The average molecular weight is 274 g/mol. The second-order valence-corrected chi connectivity index (χ2v) is 6.57. The number of nitrogens with zero attached hydrogens (tertiary/aromatic N) is 1. The summed E-state index contributed by atoms with van der Waals surface area (Å²) < 4.78 is 0. The summed E-state index contributed by atoms with van der Waals surface area (Å²) in [5.74, 6) is 0. The summed E-state index contributed by atoms with van der Waals surface area (Å²) in [6.45, 7) is 5.34. The highest BCUT2D eigenvalue weighted by molar-refractivity contribution is 7.12. The van der Waals surface area contributed by atoms with Gasteiger partial charge in [0.1, 0.15) is 0 Å². The van der Waals surface area contributed by atoms with Gasteiger partial charge >= 0.3 is 0 Å². The topological polar surface area (TPSA) is 15.3 Å². The molecule has 0 amide bonds. The largest absolute Gasteiger partial charge is 0.378 e. The van der Waals surface area contributed by atoms with E-state index in [0.29, 0.717) is 6.04 Å². The van der Waals surface area contributed by atoms with Gasteiger partial charge in [0.25, 0.3) is 0 Å². The summed E-state index contributed by atoms with van der Waals surface area (Å²) in [5.41, 5.74) is 2.53. The van der Waals surface area contributed by atoms with Crippen LogP contribution in [0.15, 0.2) is 36.4 Å². The molecule has 1 atom stereocenters. The summed E-state index contributed by atoms with van der Waals surface area (Å²) >= 11 is 1.86. The zero-order chi connectivity index (χ0) is 13.8. The summed E-state index contributed by atoms with van der Waals surface area (Å²) in [6, 6.07) is 13.4. The van der Waals surface area contributed by atoms with Gasteiger partial charge in [0, 0.05) is 22.0 Å². The number of hydrogen-bond acceptors (Lipinski definition) is 3. The van der Waals surface area contributed by atoms with E-state index in [1.807, 2.05) is 11.3 Å². The average Bonchev–Trinajstić information content (AvgIpc) is 2.75. The van der Waals surface area contributed by atoms with Crippen LogP contribution in [0.5, 0.6) is 0 Å². The maximum Gasteiger partial charge on any atom is 0.0578 e. The molecule has 0 radical (unpaired) electrons. The molecule has 3 heteroatoms. The molecule has 1 N–H and O–H groups in total. The van der Waals surface area contributed by atoms with Crippen molar-refractivity contribution in [3.8, 4) is 0 Å². The smallest absolute Gasteiger partial charge is 0.0578 e. The zero-order valence-electron chi connectivity index (χ0n) is 12.1. The van der Waals surface area contributed by atoms with Gasteiger partial charge in [-0.05, 0) is 57.8 Å². The molecule has 0 aliphatic heterocycles. The molecule has 2 nitrogen and oxygen atoms in total. The standard InChI is InChI=1S/C16H22N2S/c1-12-8-9-16(19-12)13(2)17-15-7-5-6-14(10-15)11-18(3)4/h5-10,13,17H,11H2,1-4H3. The third-order valence-corrected chi connectivity index (χ3v) is 4.18. The van der Waals surface area contributed by atoms with Crippen LogP contribution in [0.4, 0.5) is 5.69 Å². The molecule has 2 rings (SSSR count). The van der Waals surface area contributed by atoms with E-state index in [-0.39, 0.29) is 0 Å². The Morgan fingerprint density at radius 2 is 2.00 bits per heavy atom. The molecule has 1 heterocycles. The van der Waals surface area contributed by atoms with Crippen LogP contribution in [0.2, 0.25) is 0 Å². The molecule has 0 saturated carbocycles. The van der Waals surface area contributed by atoms with Gasteiger partial charge in [-0.1, -0.05) is 12.1 Å². The Kier molecular flexibility index (Phi) is 4.61. The fourth-order valence-corrected chi connectivity index (χ4v) is 3.01. The van der Waals surface area contributed by atoms with Gasteiger partial charge in [0.05, 0.1) is 6.04 Å². The van der Waals surface area contributed by atoms with Crippen molar-refractivity contribution >= 4 is 17.0 Å². The Bertz CT molecular complexity index is 531. The van der Waals surface area contributed by atoms with Gasteiger partial charge in [-0.25, -0.2) is 0 Å². The first-order valence-corrected chi connectivity index (χ1v) is 7.43. The lowest BCUT2D eigenvalue weighted by Gasteiger charge is -2.16. The predicted octanol–water partition coefficient (Wildman–Crippen LogP) is 4.29. The van der Waals surface area contributed by atoms with Crippen LogP contribution in [-0.4, -0.2) is 19.0 Å². The van der Waals surface area contributed by atoms with Crippen molar-refractivity contribution in [2.75, 3.05) is 19.4 Å². The second kappa shape index (κ2) is 6.22. The summed E-state index contributed by atoms with van der Waals surface area (Å²) in [7, 11) is 4.19. The van der Waals surface area contributed by atoms with Crippen LogP contribution < -0.4 is 5.32 Å². The summed E-state index contributed by atoms with van der Waals surface area (Å²) in [6.07, 6.45) is 0. The second-order valence-electron chi connectivity index (χ2n) is 5.25. The number of aryl methyl sites for hydroxylation is 1. The van der Waals surface area contributed by atoms with Gasteiger partial charge in [-0.15, -0.1) is 11.3 Å². The minimum absolute atomic E-state index is 0.355. The van der Waals surface area contributed by atoms with Crippen molar-refractivity contribution < 1.29 is 0 Å². The van der Waals surface area contributed by atoms with Crippen molar-refractivity contribution in [3.05, 3.63) is 51.7 Å². The van der Waals surface area contributed by atoms with E-state index in [4.69, 9.17) is 0 Å². The first-order chi connectivity index (χ1) is 9.04. The summed E-state index contributed by atoms with van der Waals surface area (Å²) in [4.78, 5) is 4.94. The van der Waals surface area contributed by atoms with E-state index in [9.17, 15) is 0 Å². The van der Waals surface area contributed by atoms with Gasteiger partial charge in [-0.3, -0.25) is 0 Å². The molecule has 19 heavy (non-hydrogen) atoms. The number of rotatable bonds is 5. The van der Waals surface area contributed by atoms with Crippen LogP contribution in [0.1, 0.15) is 28.3 Å². The number of hydrogen-bond donors (Lipinski definition) is 1. The molecule has 0 aliphatic rings. The highest BCUT2D eigenvalue weighted by atomic mass is 32.1. The highest BCUT2D eigenvalue weighted by Gasteiger charge is 2.07. The van der Waals surface area contributed by atoms with Crippen LogP contribution in [0.25, 0.3) is 0 Å². The Balaban J connectivity index is 2.06. The van der Waals surface area contributed by atoms with E-state index < -0.39 is 0 Å². The Morgan fingerprint density at radius 1 is 1.21 bits per heavy atom. The van der Waals surface area contributed by atoms with E-state index in [2.05, 4.69) is 74.6 Å². The highest BCUT2D eigenvalue weighted by Crippen LogP contribution is 2.26.